The molecule has 0 amide bonds. The molecular formula is C25H25NO5. The van der Waals surface area contributed by atoms with Gasteiger partial charge in [0.05, 0.1) is 5.92 Å². The quantitative estimate of drug-likeness (QED) is 0.246. The van der Waals surface area contributed by atoms with Gasteiger partial charge in [-0.2, -0.15) is 5.26 Å². The Labute approximate surface area is 182 Å². The smallest absolute Gasteiger partial charge is 0.311 e. The number of esters is 1. The topological polar surface area (TPSA) is 85.6 Å². The molecule has 0 N–H and O–H groups in total. The predicted octanol–water partition coefficient (Wildman–Crippen LogP) is 4.37. The van der Waals surface area contributed by atoms with Crippen LogP contribution in [0.3, 0.4) is 0 Å². The lowest BCUT2D eigenvalue weighted by atomic mass is 10.1. The van der Waals surface area contributed by atoms with Gasteiger partial charge in [0.15, 0.2) is 0 Å². The van der Waals surface area contributed by atoms with E-state index in [1.807, 2.05) is 50.3 Å². The minimum Gasteiger partial charge on any atom is -0.489 e. The van der Waals surface area contributed by atoms with Crippen LogP contribution >= 0.6 is 0 Å². The molecule has 0 bridgehead atoms. The number of benzene rings is 2. The summed E-state index contributed by atoms with van der Waals surface area (Å²) < 4.78 is 16.0. The minimum atomic E-state index is -1.02. The van der Waals surface area contributed by atoms with Crippen molar-refractivity contribution in [1.82, 2.24) is 0 Å². The lowest BCUT2D eigenvalue weighted by Crippen LogP contribution is -2.14. The number of hydrogen-bond donors (Lipinski definition) is 0. The summed E-state index contributed by atoms with van der Waals surface area (Å²) in [4.78, 5) is 23.0. The second-order valence-corrected chi connectivity index (χ2v) is 7.98. The van der Waals surface area contributed by atoms with Gasteiger partial charge in [-0.1, -0.05) is 68.5 Å². The fourth-order valence-electron chi connectivity index (χ4n) is 3.65. The largest absolute Gasteiger partial charge is 0.489 e. The molecule has 160 valence electrons. The highest BCUT2D eigenvalue weighted by molar-refractivity contribution is 5.78. The van der Waals surface area contributed by atoms with Gasteiger partial charge >= 0.3 is 5.97 Å². The molecular weight excluding hydrogens is 394 g/mol. The summed E-state index contributed by atoms with van der Waals surface area (Å²) in [5, 5.41) is 9.59. The second-order valence-electron chi connectivity index (χ2n) is 7.98. The zero-order valence-electron chi connectivity index (χ0n) is 17.6. The van der Waals surface area contributed by atoms with Crippen LogP contribution in [-0.4, -0.2) is 19.0 Å². The molecule has 0 spiro atoms. The third kappa shape index (κ3) is 5.52. The van der Waals surface area contributed by atoms with Crippen molar-refractivity contribution in [3.05, 3.63) is 77.9 Å². The number of nitrogens with zero attached hydrogens (tertiary/aromatic N) is 1. The average molecular weight is 419 g/mol. The molecule has 2 aromatic rings. The van der Waals surface area contributed by atoms with Crippen molar-refractivity contribution >= 4 is 12.4 Å². The summed E-state index contributed by atoms with van der Waals surface area (Å²) in [6.45, 7) is 4.87. The maximum absolute atomic E-state index is 12.7. The Morgan fingerprint density at radius 1 is 1.19 bits per heavy atom. The van der Waals surface area contributed by atoms with Gasteiger partial charge in [0.25, 0.3) is 6.47 Å². The van der Waals surface area contributed by atoms with Crippen molar-refractivity contribution in [2.45, 2.75) is 26.6 Å². The molecule has 0 aliphatic heterocycles. The van der Waals surface area contributed by atoms with Crippen molar-refractivity contribution in [2.75, 3.05) is 6.61 Å². The molecule has 31 heavy (non-hydrogen) atoms. The third-order valence-corrected chi connectivity index (χ3v) is 5.53. The van der Waals surface area contributed by atoms with Gasteiger partial charge in [0.1, 0.15) is 25.0 Å². The Bertz CT molecular complexity index is 977. The fourth-order valence-corrected chi connectivity index (χ4v) is 3.65. The van der Waals surface area contributed by atoms with E-state index in [1.54, 1.807) is 30.3 Å². The highest BCUT2D eigenvalue weighted by atomic mass is 16.5. The van der Waals surface area contributed by atoms with Crippen LogP contribution in [0.1, 0.15) is 31.1 Å². The number of ether oxygens (including phenoxy) is 3. The number of hydrogen-bond acceptors (Lipinski definition) is 6. The lowest BCUT2D eigenvalue weighted by Gasteiger charge is -2.14. The molecule has 3 atom stereocenters. The predicted molar refractivity (Wildman–Crippen MR) is 114 cm³/mol. The van der Waals surface area contributed by atoms with Crippen LogP contribution in [0.15, 0.2) is 66.7 Å². The van der Waals surface area contributed by atoms with E-state index in [9.17, 15) is 14.9 Å². The standard InChI is InChI=1S/C25H25NO5/c1-25(2)21(12-7-13-29-17-27)23(25)24(28)31-22(15-26)19-10-6-11-20(14-19)30-16-18-8-4-3-5-9-18/h3-12,14,17,21-23H,13,16H2,1-2H3/t21-,22-,23-/m0/s1. The van der Waals surface area contributed by atoms with Crippen LogP contribution in [0, 0.1) is 28.6 Å². The van der Waals surface area contributed by atoms with Crippen LogP contribution in [0.25, 0.3) is 0 Å². The number of allylic oxidation sites excluding steroid dienone is 1. The summed E-state index contributed by atoms with van der Waals surface area (Å²) in [6, 6.07) is 18.9. The van der Waals surface area contributed by atoms with E-state index >= 15 is 0 Å². The first kappa shape index (κ1) is 22.1. The molecule has 0 saturated heterocycles. The fraction of sp³-hybridized carbons (Fsp3) is 0.320. The van der Waals surface area contributed by atoms with Gasteiger partial charge in [-0.05, 0) is 29.0 Å². The van der Waals surface area contributed by atoms with E-state index in [2.05, 4.69) is 10.8 Å². The number of nitriles is 1. The minimum absolute atomic E-state index is 0.0323. The zero-order chi connectivity index (χ0) is 22.3. The third-order valence-electron chi connectivity index (χ3n) is 5.53. The second kappa shape index (κ2) is 9.94. The molecule has 0 heterocycles. The molecule has 3 rings (SSSR count). The van der Waals surface area contributed by atoms with Crippen LogP contribution in [0.5, 0.6) is 5.75 Å². The van der Waals surface area contributed by atoms with Crippen molar-refractivity contribution in [2.24, 2.45) is 17.3 Å². The maximum Gasteiger partial charge on any atom is 0.311 e. The summed E-state index contributed by atoms with van der Waals surface area (Å²) in [6.07, 6.45) is 2.55. The Kier molecular flexibility index (Phi) is 7.09. The molecule has 0 aromatic heterocycles. The summed E-state index contributed by atoms with van der Waals surface area (Å²) in [7, 11) is 0. The number of rotatable bonds is 10. The molecule has 0 radical (unpaired) electrons. The van der Waals surface area contributed by atoms with E-state index in [-0.39, 0.29) is 23.9 Å². The van der Waals surface area contributed by atoms with Crippen LogP contribution in [0.4, 0.5) is 0 Å². The first-order chi connectivity index (χ1) is 15.0. The number of carbonyl (C=O) groups is 2. The summed E-state index contributed by atoms with van der Waals surface area (Å²) in [5.41, 5.74) is 1.31. The Morgan fingerprint density at radius 2 is 1.97 bits per heavy atom. The Morgan fingerprint density at radius 3 is 2.68 bits per heavy atom. The Balaban J connectivity index is 1.62. The molecule has 6 heteroatoms. The van der Waals surface area contributed by atoms with Crippen LogP contribution < -0.4 is 4.74 Å². The molecule has 1 aliphatic rings. The van der Waals surface area contributed by atoms with Crippen LogP contribution in [-0.2, 0) is 25.7 Å². The molecule has 1 saturated carbocycles. The van der Waals surface area contributed by atoms with E-state index in [1.165, 1.54) is 0 Å². The molecule has 6 nitrogen and oxygen atoms in total. The van der Waals surface area contributed by atoms with Gasteiger partial charge in [-0.15, -0.1) is 0 Å². The van der Waals surface area contributed by atoms with Gasteiger partial charge in [0, 0.05) is 5.56 Å². The van der Waals surface area contributed by atoms with Gasteiger partial charge < -0.3 is 14.2 Å². The van der Waals surface area contributed by atoms with Crippen LogP contribution in [0.2, 0.25) is 0 Å². The van der Waals surface area contributed by atoms with E-state index in [0.717, 1.165) is 5.56 Å². The Hall–Kier alpha value is -3.59. The molecule has 2 aromatic carbocycles. The van der Waals surface area contributed by atoms with Gasteiger partial charge in [-0.25, -0.2) is 0 Å². The zero-order valence-corrected chi connectivity index (χ0v) is 17.6. The lowest BCUT2D eigenvalue weighted by molar-refractivity contribution is -0.149. The van der Waals surface area contributed by atoms with E-state index < -0.39 is 12.1 Å². The normalized spacial score (nSPS) is 19.8. The first-order valence-corrected chi connectivity index (χ1v) is 10.1. The average Bonchev–Trinajstić information content (AvgIpc) is 3.34. The molecule has 1 fully saturated rings. The highest BCUT2D eigenvalue weighted by Crippen LogP contribution is 2.59. The first-order valence-electron chi connectivity index (χ1n) is 10.1. The highest BCUT2D eigenvalue weighted by Gasteiger charge is 2.61. The van der Waals surface area contributed by atoms with E-state index in [0.29, 0.717) is 24.4 Å². The van der Waals surface area contributed by atoms with Gasteiger partial charge in [-0.3, -0.25) is 9.59 Å². The van der Waals surface area contributed by atoms with Crippen molar-refractivity contribution < 1.29 is 23.8 Å². The summed E-state index contributed by atoms with van der Waals surface area (Å²) >= 11 is 0. The molecule has 0 unspecified atom stereocenters. The van der Waals surface area contributed by atoms with E-state index in [4.69, 9.17) is 9.47 Å². The monoisotopic (exact) mass is 419 g/mol. The van der Waals surface area contributed by atoms with Crippen molar-refractivity contribution in [3.63, 3.8) is 0 Å². The van der Waals surface area contributed by atoms with Gasteiger partial charge in [0.2, 0.25) is 6.10 Å². The maximum atomic E-state index is 12.7. The molecule has 1 aliphatic carbocycles. The van der Waals surface area contributed by atoms with Crippen molar-refractivity contribution in [3.8, 4) is 11.8 Å². The number of carbonyl (C=O) groups excluding carboxylic acids is 2. The summed E-state index contributed by atoms with van der Waals surface area (Å²) in [5.74, 6) is -0.206. The SMILES string of the molecule is CC1(C)[C@H](C(=O)O[C@@H](C#N)c2cccc(OCc3ccccc3)c2)[C@@H]1C=CCOC=O. The van der Waals surface area contributed by atoms with Crippen molar-refractivity contribution in [1.29, 1.82) is 5.26 Å².